The van der Waals surface area contributed by atoms with Crippen LogP contribution in [0.2, 0.25) is 0 Å². The largest absolute Gasteiger partial charge is 1.00 e. The fraction of sp³-hybridized carbons (Fsp3) is 0.500. The Morgan fingerprint density at radius 3 is 1.71 bits per heavy atom. The maximum absolute atomic E-state index is 9.60. The van der Waals surface area contributed by atoms with Crippen molar-refractivity contribution in [2.24, 2.45) is 0 Å². The molecule has 0 aliphatic heterocycles. The third-order valence-corrected chi connectivity index (χ3v) is 0.203. The van der Waals surface area contributed by atoms with Crippen LogP contribution in [0.4, 0.5) is 0 Å². The number of rotatable bonds is 0. The van der Waals surface area contributed by atoms with Crippen molar-refractivity contribution in [3.63, 3.8) is 0 Å². The number of hydrogen-bond acceptors (Lipinski definition) is 1. The Hall–Kier alpha value is 0.715. The first-order valence-electron chi connectivity index (χ1n) is 1.35. The molecule has 0 rings (SSSR count). The van der Waals surface area contributed by atoms with Crippen molar-refractivity contribution in [3.8, 4) is 5.92 Å². The van der Waals surface area contributed by atoms with Crippen molar-refractivity contribution in [2.75, 3.05) is 0 Å². The van der Waals surface area contributed by atoms with E-state index in [4.69, 9.17) is 6.42 Å². The molecule has 0 aromatic rings. The zero-order chi connectivity index (χ0) is 4.28. The molecule has 0 radical (unpaired) electrons. The van der Waals surface area contributed by atoms with E-state index in [9.17, 15) is 5.11 Å². The van der Waals surface area contributed by atoms with Gasteiger partial charge < -0.3 is 17.5 Å². The van der Waals surface area contributed by atoms with Gasteiger partial charge >= 0.3 is 37.7 Å². The molecule has 0 heterocycles. The van der Waals surface area contributed by atoms with E-state index in [-0.39, 0.29) is 37.7 Å². The molecule has 0 aliphatic carbocycles. The molecule has 28 valence electrons. The molecule has 0 fully saturated rings. The normalized spacial score (nSPS) is 9.29. The van der Waals surface area contributed by atoms with Gasteiger partial charge in [-0.15, -0.1) is 6.10 Å². The van der Waals surface area contributed by atoms with Crippen LogP contribution in [-0.4, -0.2) is 6.10 Å². The standard InChI is InChI=1S/C4H4O.2Li/c1-3-4(2)5;;/h4H,2H3;;/q-2;2*+1. The van der Waals surface area contributed by atoms with Crippen molar-refractivity contribution in [1.82, 2.24) is 0 Å². The van der Waals surface area contributed by atoms with Crippen LogP contribution in [0.25, 0.3) is 0 Å². The smallest absolute Gasteiger partial charge is 0.845 e. The van der Waals surface area contributed by atoms with Crippen LogP contribution < -0.4 is 42.8 Å². The minimum absolute atomic E-state index is 0. The van der Waals surface area contributed by atoms with E-state index in [0.29, 0.717) is 0 Å². The van der Waals surface area contributed by atoms with E-state index in [1.807, 2.05) is 0 Å². The van der Waals surface area contributed by atoms with Crippen molar-refractivity contribution < 1.29 is 42.8 Å². The Labute approximate surface area is 68.2 Å². The van der Waals surface area contributed by atoms with Gasteiger partial charge in [0.2, 0.25) is 0 Å². The fourth-order valence-corrected chi connectivity index (χ4v) is 0. The van der Waals surface area contributed by atoms with Crippen LogP contribution in [-0.2, 0) is 0 Å². The summed E-state index contributed by atoms with van der Waals surface area (Å²) >= 11 is 0. The van der Waals surface area contributed by atoms with Crippen molar-refractivity contribution in [3.05, 3.63) is 6.42 Å². The van der Waals surface area contributed by atoms with Crippen molar-refractivity contribution >= 4 is 0 Å². The summed E-state index contributed by atoms with van der Waals surface area (Å²) in [6.07, 6.45) is 5.15. The SMILES string of the molecule is [C-]#CC(C)[O-].[Li+].[Li+]. The van der Waals surface area contributed by atoms with Crippen LogP contribution in [0.15, 0.2) is 0 Å². The van der Waals surface area contributed by atoms with Gasteiger partial charge in [0.1, 0.15) is 0 Å². The van der Waals surface area contributed by atoms with Gasteiger partial charge in [-0.1, -0.05) is 6.92 Å². The monoisotopic (exact) mass is 82.1 g/mol. The molecule has 1 nitrogen and oxygen atoms in total. The quantitative estimate of drug-likeness (QED) is 0.162. The summed E-state index contributed by atoms with van der Waals surface area (Å²) < 4.78 is 0. The fourth-order valence-electron chi connectivity index (χ4n) is 0. The third-order valence-electron chi connectivity index (χ3n) is 0.203. The van der Waals surface area contributed by atoms with Crippen LogP contribution in [0.1, 0.15) is 6.92 Å². The predicted octanol–water partition coefficient (Wildman–Crippen LogP) is -6.67. The van der Waals surface area contributed by atoms with Gasteiger partial charge in [-0.3, -0.25) is 0 Å². The van der Waals surface area contributed by atoms with Crippen molar-refractivity contribution in [1.29, 1.82) is 0 Å². The Balaban J connectivity index is -0.0000000800. The Kier molecular flexibility index (Phi) is 22.1. The van der Waals surface area contributed by atoms with Gasteiger partial charge in [0.15, 0.2) is 0 Å². The van der Waals surface area contributed by atoms with Crippen molar-refractivity contribution in [2.45, 2.75) is 13.0 Å². The van der Waals surface area contributed by atoms with E-state index >= 15 is 0 Å². The maximum atomic E-state index is 9.60. The van der Waals surface area contributed by atoms with Crippen LogP contribution in [0.3, 0.4) is 0 Å². The van der Waals surface area contributed by atoms with E-state index in [1.54, 1.807) is 5.92 Å². The van der Waals surface area contributed by atoms with Gasteiger partial charge in [-0.2, -0.15) is 0 Å². The molecule has 0 saturated heterocycles. The molecule has 0 amide bonds. The van der Waals surface area contributed by atoms with E-state index in [2.05, 4.69) is 0 Å². The minimum atomic E-state index is -0.949. The zero-order valence-electron chi connectivity index (χ0n) is 4.99. The first-order chi connectivity index (χ1) is 2.27. The summed E-state index contributed by atoms with van der Waals surface area (Å²) in [4.78, 5) is 0. The first-order valence-corrected chi connectivity index (χ1v) is 1.35. The second kappa shape index (κ2) is 9.87. The molecule has 0 N–H and O–H groups in total. The second-order valence-corrected chi connectivity index (χ2v) is 0.787. The average molecular weight is 82.0 g/mol. The molecule has 0 aromatic heterocycles. The summed E-state index contributed by atoms with van der Waals surface area (Å²) in [5, 5.41) is 9.60. The molecule has 0 saturated carbocycles. The van der Waals surface area contributed by atoms with E-state index in [1.165, 1.54) is 6.92 Å². The molecular formula is C4H4Li2O. The second-order valence-electron chi connectivity index (χ2n) is 0.787. The molecule has 7 heavy (non-hydrogen) atoms. The topological polar surface area (TPSA) is 23.1 Å². The van der Waals surface area contributed by atoms with Gasteiger partial charge in [0, 0.05) is 0 Å². The summed E-state index contributed by atoms with van der Waals surface area (Å²) in [6, 6.07) is 0. The van der Waals surface area contributed by atoms with Gasteiger partial charge in [-0.25, -0.2) is 0 Å². The first kappa shape index (κ1) is 15.6. The molecule has 0 spiro atoms. The molecule has 1 atom stereocenters. The van der Waals surface area contributed by atoms with Crippen LogP contribution in [0.5, 0.6) is 0 Å². The van der Waals surface area contributed by atoms with Crippen LogP contribution in [0, 0.1) is 12.3 Å². The van der Waals surface area contributed by atoms with E-state index < -0.39 is 6.10 Å². The molecule has 3 heteroatoms. The average Bonchev–Trinajstić information content (AvgIpc) is 1.38. The summed E-state index contributed by atoms with van der Waals surface area (Å²) in [5.41, 5.74) is 0. The summed E-state index contributed by atoms with van der Waals surface area (Å²) in [5.74, 6) is 1.72. The zero-order valence-corrected chi connectivity index (χ0v) is 4.99. The molecule has 0 aromatic carbocycles. The Bertz CT molecular complexity index is 55.2. The van der Waals surface area contributed by atoms with E-state index in [0.717, 1.165) is 0 Å². The molecule has 1 unspecified atom stereocenters. The predicted molar refractivity (Wildman–Crippen MR) is 16.6 cm³/mol. The number of hydrogen-bond donors (Lipinski definition) is 0. The maximum Gasteiger partial charge on any atom is 1.00 e. The van der Waals surface area contributed by atoms with Crippen LogP contribution >= 0.6 is 0 Å². The molecule has 0 bridgehead atoms. The van der Waals surface area contributed by atoms with Gasteiger partial charge in [0.05, 0.1) is 0 Å². The molecular weight excluding hydrogens is 77.9 g/mol. The van der Waals surface area contributed by atoms with Gasteiger partial charge in [0.25, 0.3) is 0 Å². The van der Waals surface area contributed by atoms with Gasteiger partial charge in [-0.05, 0) is 0 Å². The Morgan fingerprint density at radius 1 is 1.57 bits per heavy atom. The minimum Gasteiger partial charge on any atom is -0.845 e. The summed E-state index contributed by atoms with van der Waals surface area (Å²) in [6.45, 7) is 1.37. The summed E-state index contributed by atoms with van der Waals surface area (Å²) in [7, 11) is 0. The molecule has 0 aliphatic rings. The Morgan fingerprint density at radius 2 is 1.71 bits per heavy atom. The third kappa shape index (κ3) is 20.3.